The minimum atomic E-state index is -1.25. The Balaban J connectivity index is 2.36. The monoisotopic (exact) mass is 314 g/mol. The standard InChI is InChI=1S/C17H18N2O4/c1-23-12-10-18-17(22)15(19-11-6-5-9-14(19)20)16(21)13-7-3-2-4-8-13/h2-9,11,15H,10,12H2,1H3,(H,18,22)/t15-/m1/s1. The molecule has 6 heteroatoms. The minimum absolute atomic E-state index is 0.259. The Morgan fingerprint density at radius 1 is 1.13 bits per heavy atom. The molecule has 2 aromatic rings. The van der Waals surface area contributed by atoms with Crippen molar-refractivity contribution in [3.8, 4) is 0 Å². The summed E-state index contributed by atoms with van der Waals surface area (Å²) >= 11 is 0. The second kappa shape index (κ2) is 8.05. The third-order valence-corrected chi connectivity index (χ3v) is 3.29. The maximum atomic E-state index is 12.7. The highest BCUT2D eigenvalue weighted by Crippen LogP contribution is 2.13. The van der Waals surface area contributed by atoms with Crippen LogP contribution < -0.4 is 10.9 Å². The fourth-order valence-corrected chi connectivity index (χ4v) is 2.16. The highest BCUT2D eigenvalue weighted by molar-refractivity contribution is 6.11. The molecule has 0 bridgehead atoms. The van der Waals surface area contributed by atoms with Gasteiger partial charge in [0.2, 0.25) is 0 Å². The number of Topliss-reactive ketones (excluding diaryl/α,β-unsaturated/α-hetero) is 1. The summed E-state index contributed by atoms with van der Waals surface area (Å²) in [5.41, 5.74) is -0.0428. The molecule has 2 rings (SSSR count). The molecule has 1 aromatic heterocycles. The van der Waals surface area contributed by atoms with Gasteiger partial charge in [-0.25, -0.2) is 0 Å². The summed E-state index contributed by atoms with van der Waals surface area (Å²) in [4.78, 5) is 37.2. The van der Waals surface area contributed by atoms with E-state index in [0.717, 1.165) is 4.57 Å². The summed E-state index contributed by atoms with van der Waals surface area (Å²) < 4.78 is 6.01. The number of rotatable bonds is 7. The van der Waals surface area contributed by atoms with E-state index in [0.29, 0.717) is 12.2 Å². The van der Waals surface area contributed by atoms with E-state index >= 15 is 0 Å². The lowest BCUT2D eigenvalue weighted by molar-refractivity contribution is -0.123. The lowest BCUT2D eigenvalue weighted by atomic mass is 10.0. The number of pyridine rings is 1. The Morgan fingerprint density at radius 3 is 2.48 bits per heavy atom. The predicted molar refractivity (Wildman–Crippen MR) is 85.4 cm³/mol. The number of carbonyl (C=O) groups excluding carboxylic acids is 2. The summed E-state index contributed by atoms with van der Waals surface area (Å²) in [6, 6.07) is 11.7. The number of hydrogen-bond donors (Lipinski definition) is 1. The van der Waals surface area contributed by atoms with Crippen LogP contribution in [0.15, 0.2) is 59.5 Å². The lowest BCUT2D eigenvalue weighted by Gasteiger charge is -2.18. The number of methoxy groups -OCH3 is 1. The fraction of sp³-hybridized carbons (Fsp3) is 0.235. The van der Waals surface area contributed by atoms with Gasteiger partial charge in [-0.2, -0.15) is 0 Å². The molecule has 1 heterocycles. The van der Waals surface area contributed by atoms with Gasteiger partial charge in [0, 0.05) is 31.5 Å². The Labute approximate surface area is 133 Å². The Morgan fingerprint density at radius 2 is 1.83 bits per heavy atom. The molecule has 1 atom stereocenters. The molecule has 0 aliphatic rings. The van der Waals surface area contributed by atoms with Crippen molar-refractivity contribution in [1.29, 1.82) is 0 Å². The first-order valence-corrected chi connectivity index (χ1v) is 7.18. The third-order valence-electron chi connectivity index (χ3n) is 3.29. The molecular weight excluding hydrogens is 296 g/mol. The van der Waals surface area contributed by atoms with Crippen LogP contribution in [0.5, 0.6) is 0 Å². The maximum Gasteiger partial charge on any atom is 0.251 e. The first-order chi connectivity index (χ1) is 11.1. The molecular formula is C17H18N2O4. The first kappa shape index (κ1) is 16.6. The SMILES string of the molecule is COCCNC(=O)[C@@H](C(=O)c1ccccc1)n1ccccc1=O. The van der Waals surface area contributed by atoms with Gasteiger partial charge in [-0.1, -0.05) is 36.4 Å². The van der Waals surface area contributed by atoms with Crippen molar-refractivity contribution >= 4 is 11.7 Å². The number of hydrogen-bond acceptors (Lipinski definition) is 4. The van der Waals surface area contributed by atoms with Gasteiger partial charge in [-0.15, -0.1) is 0 Å². The van der Waals surface area contributed by atoms with Gasteiger partial charge >= 0.3 is 0 Å². The fourth-order valence-electron chi connectivity index (χ4n) is 2.16. The van der Waals surface area contributed by atoms with Crippen LogP contribution in [-0.2, 0) is 9.53 Å². The van der Waals surface area contributed by atoms with E-state index in [1.807, 2.05) is 0 Å². The summed E-state index contributed by atoms with van der Waals surface area (Å²) in [5, 5.41) is 2.62. The van der Waals surface area contributed by atoms with Gasteiger partial charge in [-0.05, 0) is 6.07 Å². The third kappa shape index (κ3) is 4.14. The largest absolute Gasteiger partial charge is 0.383 e. The zero-order valence-corrected chi connectivity index (χ0v) is 12.8. The average Bonchev–Trinajstić information content (AvgIpc) is 2.58. The molecule has 23 heavy (non-hydrogen) atoms. The van der Waals surface area contributed by atoms with E-state index in [9.17, 15) is 14.4 Å². The van der Waals surface area contributed by atoms with Gasteiger partial charge in [0.15, 0.2) is 11.8 Å². The second-order valence-corrected chi connectivity index (χ2v) is 4.86. The van der Waals surface area contributed by atoms with E-state index in [-0.39, 0.29) is 6.54 Å². The van der Waals surface area contributed by atoms with Gasteiger partial charge in [0.25, 0.3) is 11.5 Å². The number of amides is 1. The van der Waals surface area contributed by atoms with Crippen molar-refractivity contribution in [3.05, 3.63) is 70.6 Å². The number of nitrogens with zero attached hydrogens (tertiary/aromatic N) is 1. The quantitative estimate of drug-likeness (QED) is 0.470. The number of nitrogens with one attached hydrogen (secondary N) is 1. The van der Waals surface area contributed by atoms with Crippen LogP contribution in [0.25, 0.3) is 0 Å². The number of ether oxygens (including phenoxy) is 1. The molecule has 1 N–H and O–H groups in total. The van der Waals surface area contributed by atoms with E-state index in [2.05, 4.69) is 5.32 Å². The summed E-state index contributed by atoms with van der Waals surface area (Å²) in [7, 11) is 1.51. The van der Waals surface area contributed by atoms with E-state index in [4.69, 9.17) is 4.74 Å². The Hall–Kier alpha value is -2.73. The second-order valence-electron chi connectivity index (χ2n) is 4.86. The van der Waals surface area contributed by atoms with Crippen molar-refractivity contribution < 1.29 is 14.3 Å². The molecule has 1 aromatic carbocycles. The van der Waals surface area contributed by atoms with Gasteiger partial charge in [0.05, 0.1) is 6.61 Å². The van der Waals surface area contributed by atoms with Gasteiger partial charge in [0.1, 0.15) is 0 Å². The molecule has 0 unspecified atom stereocenters. The average molecular weight is 314 g/mol. The van der Waals surface area contributed by atoms with Crippen molar-refractivity contribution in [2.24, 2.45) is 0 Å². The molecule has 120 valence electrons. The molecule has 0 saturated carbocycles. The van der Waals surface area contributed by atoms with Crippen LogP contribution >= 0.6 is 0 Å². The molecule has 0 spiro atoms. The topological polar surface area (TPSA) is 77.4 Å². The van der Waals surface area contributed by atoms with Gasteiger partial charge in [-0.3, -0.25) is 19.0 Å². The van der Waals surface area contributed by atoms with Crippen LogP contribution in [-0.4, -0.2) is 36.5 Å². The van der Waals surface area contributed by atoms with Crippen LogP contribution in [0, 0.1) is 0 Å². The Bertz CT molecular complexity index is 725. The van der Waals surface area contributed by atoms with Gasteiger partial charge < -0.3 is 10.1 Å². The molecule has 0 aliphatic heterocycles. The molecule has 6 nitrogen and oxygen atoms in total. The smallest absolute Gasteiger partial charge is 0.251 e. The molecule has 0 radical (unpaired) electrons. The van der Waals surface area contributed by atoms with Crippen molar-refractivity contribution in [2.45, 2.75) is 6.04 Å². The molecule has 0 saturated heterocycles. The molecule has 0 aliphatic carbocycles. The zero-order chi connectivity index (χ0) is 16.7. The summed E-state index contributed by atoms with van der Waals surface area (Å²) in [5.74, 6) is -0.974. The normalized spacial score (nSPS) is 11.7. The Kier molecular flexibility index (Phi) is 5.82. The summed E-state index contributed by atoms with van der Waals surface area (Å²) in [6.07, 6.45) is 1.43. The van der Waals surface area contributed by atoms with Crippen LogP contribution in [0.1, 0.15) is 16.4 Å². The highest BCUT2D eigenvalue weighted by Gasteiger charge is 2.29. The number of ketones is 1. The van der Waals surface area contributed by atoms with Crippen molar-refractivity contribution in [2.75, 3.05) is 20.3 Å². The van der Waals surface area contributed by atoms with E-state index in [1.54, 1.807) is 42.5 Å². The predicted octanol–water partition coefficient (Wildman–Crippen LogP) is 1.03. The molecule has 0 fully saturated rings. The van der Waals surface area contributed by atoms with E-state index in [1.165, 1.54) is 19.4 Å². The summed E-state index contributed by atoms with van der Waals surface area (Å²) in [6.45, 7) is 0.581. The number of benzene rings is 1. The van der Waals surface area contributed by atoms with Crippen molar-refractivity contribution in [1.82, 2.24) is 9.88 Å². The molecule has 1 amide bonds. The highest BCUT2D eigenvalue weighted by atomic mass is 16.5. The first-order valence-electron chi connectivity index (χ1n) is 7.18. The lowest BCUT2D eigenvalue weighted by Crippen LogP contribution is -2.42. The van der Waals surface area contributed by atoms with Crippen LogP contribution in [0.3, 0.4) is 0 Å². The van der Waals surface area contributed by atoms with Crippen molar-refractivity contribution in [3.63, 3.8) is 0 Å². The number of aromatic nitrogens is 1. The zero-order valence-electron chi connectivity index (χ0n) is 12.8. The van der Waals surface area contributed by atoms with E-state index < -0.39 is 23.3 Å². The minimum Gasteiger partial charge on any atom is -0.383 e. The number of carbonyl (C=O) groups is 2. The maximum absolute atomic E-state index is 12.7. The van der Waals surface area contributed by atoms with Crippen LogP contribution in [0.2, 0.25) is 0 Å². The van der Waals surface area contributed by atoms with Crippen LogP contribution in [0.4, 0.5) is 0 Å².